The van der Waals surface area contributed by atoms with Crippen LogP contribution in [0, 0.1) is 0 Å². The second-order valence-electron chi connectivity index (χ2n) is 7.46. The summed E-state index contributed by atoms with van der Waals surface area (Å²) in [6, 6.07) is 0.375. The Labute approximate surface area is 151 Å². The summed E-state index contributed by atoms with van der Waals surface area (Å²) in [5.74, 6) is 1.35. The summed E-state index contributed by atoms with van der Waals surface area (Å²) in [6.07, 6.45) is 10.1. The first-order valence-corrected chi connectivity index (χ1v) is 9.94. The van der Waals surface area contributed by atoms with E-state index >= 15 is 0 Å². The van der Waals surface area contributed by atoms with Gasteiger partial charge in [-0.3, -0.25) is 14.6 Å². The summed E-state index contributed by atoms with van der Waals surface area (Å²) < 4.78 is 2.20. The van der Waals surface area contributed by atoms with E-state index in [2.05, 4.69) is 38.5 Å². The highest BCUT2D eigenvalue weighted by molar-refractivity contribution is 5.81. The van der Waals surface area contributed by atoms with Gasteiger partial charge in [-0.15, -0.1) is 0 Å². The minimum Gasteiger partial charge on any atom is -0.352 e. The van der Waals surface area contributed by atoms with Crippen molar-refractivity contribution in [2.45, 2.75) is 71.1 Å². The maximum atomic E-state index is 12.6. The van der Waals surface area contributed by atoms with E-state index in [1.807, 2.05) is 12.4 Å². The Morgan fingerprint density at radius 1 is 1.24 bits per heavy atom. The standard InChI is InChI=1S/C19H33N5O/c1-3-23-10-9-20-18(23)15-22-11-13-24(14-12-22)16(2)19(25)21-17-7-5-4-6-8-17/h9-10,16-17H,3-8,11-15H2,1-2H3,(H,21,25)/t16-/m0/s1. The van der Waals surface area contributed by atoms with Crippen LogP contribution in [0.2, 0.25) is 0 Å². The van der Waals surface area contributed by atoms with Crippen LogP contribution < -0.4 is 5.32 Å². The van der Waals surface area contributed by atoms with Crippen molar-refractivity contribution < 1.29 is 4.79 Å². The molecular formula is C19H33N5O. The molecule has 1 aliphatic heterocycles. The zero-order valence-corrected chi connectivity index (χ0v) is 15.8. The smallest absolute Gasteiger partial charge is 0.237 e. The van der Waals surface area contributed by atoms with Crippen LogP contribution in [0.5, 0.6) is 0 Å². The molecule has 1 aromatic heterocycles. The summed E-state index contributed by atoms with van der Waals surface area (Å²) in [5, 5.41) is 3.27. The number of nitrogens with one attached hydrogen (secondary N) is 1. The average molecular weight is 348 g/mol. The molecule has 1 aliphatic carbocycles. The van der Waals surface area contributed by atoms with Gasteiger partial charge in [-0.1, -0.05) is 19.3 Å². The predicted octanol–water partition coefficient (Wildman–Crippen LogP) is 1.86. The van der Waals surface area contributed by atoms with Crippen molar-refractivity contribution in [1.29, 1.82) is 0 Å². The molecule has 1 N–H and O–H groups in total. The van der Waals surface area contributed by atoms with Crippen molar-refractivity contribution in [1.82, 2.24) is 24.7 Å². The molecule has 25 heavy (non-hydrogen) atoms. The molecule has 2 aliphatic rings. The number of hydrogen-bond acceptors (Lipinski definition) is 4. The highest BCUT2D eigenvalue weighted by Crippen LogP contribution is 2.18. The monoisotopic (exact) mass is 347 g/mol. The molecule has 0 radical (unpaired) electrons. The molecule has 6 heteroatoms. The number of rotatable bonds is 6. The lowest BCUT2D eigenvalue weighted by Crippen LogP contribution is -2.55. The zero-order valence-electron chi connectivity index (χ0n) is 15.8. The van der Waals surface area contributed by atoms with Crippen LogP contribution in [-0.2, 0) is 17.9 Å². The minimum atomic E-state index is -0.0262. The van der Waals surface area contributed by atoms with Gasteiger partial charge in [-0.25, -0.2) is 4.98 Å². The molecule has 6 nitrogen and oxygen atoms in total. The fourth-order valence-electron chi connectivity index (χ4n) is 4.02. The average Bonchev–Trinajstić information content (AvgIpc) is 3.09. The zero-order chi connectivity index (χ0) is 17.6. The first kappa shape index (κ1) is 18.4. The molecule has 0 spiro atoms. The normalized spacial score (nSPS) is 22.0. The summed E-state index contributed by atoms with van der Waals surface area (Å²) in [4.78, 5) is 21.8. The molecule has 3 rings (SSSR count). The fraction of sp³-hybridized carbons (Fsp3) is 0.789. The van der Waals surface area contributed by atoms with Gasteiger partial charge in [0, 0.05) is 51.2 Å². The molecule has 2 heterocycles. The molecule has 1 amide bonds. The first-order valence-electron chi connectivity index (χ1n) is 9.94. The Kier molecular flexibility index (Phi) is 6.48. The number of nitrogens with zero attached hydrogens (tertiary/aromatic N) is 4. The van der Waals surface area contributed by atoms with Crippen molar-refractivity contribution in [2.75, 3.05) is 26.2 Å². The number of imidazole rings is 1. The lowest BCUT2D eigenvalue weighted by Gasteiger charge is -2.38. The second-order valence-corrected chi connectivity index (χ2v) is 7.46. The van der Waals surface area contributed by atoms with E-state index in [4.69, 9.17) is 0 Å². The van der Waals surface area contributed by atoms with Gasteiger partial charge in [0.2, 0.25) is 5.91 Å². The second kappa shape index (κ2) is 8.81. The number of aryl methyl sites for hydroxylation is 1. The molecule has 1 saturated carbocycles. The SMILES string of the molecule is CCn1ccnc1CN1CCN([C@@H](C)C(=O)NC2CCCCC2)CC1. The van der Waals surface area contributed by atoms with Gasteiger partial charge in [-0.05, 0) is 26.7 Å². The first-order chi connectivity index (χ1) is 12.2. The quantitative estimate of drug-likeness (QED) is 0.853. The Morgan fingerprint density at radius 3 is 2.64 bits per heavy atom. The van der Waals surface area contributed by atoms with E-state index in [1.165, 1.54) is 19.3 Å². The van der Waals surface area contributed by atoms with E-state index in [0.717, 1.165) is 57.9 Å². The van der Waals surface area contributed by atoms with Gasteiger partial charge in [-0.2, -0.15) is 0 Å². The van der Waals surface area contributed by atoms with Crippen molar-refractivity contribution in [2.24, 2.45) is 0 Å². The minimum absolute atomic E-state index is 0.0262. The van der Waals surface area contributed by atoms with Crippen LogP contribution in [-0.4, -0.2) is 63.5 Å². The molecule has 0 unspecified atom stereocenters. The lowest BCUT2D eigenvalue weighted by atomic mass is 9.95. The third-order valence-corrected chi connectivity index (χ3v) is 5.79. The van der Waals surface area contributed by atoms with Gasteiger partial charge in [0.1, 0.15) is 5.82 Å². The number of carbonyl (C=O) groups excluding carboxylic acids is 1. The molecule has 2 fully saturated rings. The van der Waals surface area contributed by atoms with Crippen molar-refractivity contribution in [3.8, 4) is 0 Å². The molecule has 0 aromatic carbocycles. The van der Waals surface area contributed by atoms with Crippen LogP contribution in [0.25, 0.3) is 0 Å². The third-order valence-electron chi connectivity index (χ3n) is 5.79. The number of carbonyl (C=O) groups is 1. The molecule has 1 aromatic rings. The van der Waals surface area contributed by atoms with Crippen LogP contribution in [0.4, 0.5) is 0 Å². The Bertz CT molecular complexity index is 544. The van der Waals surface area contributed by atoms with E-state index in [0.29, 0.717) is 6.04 Å². The maximum Gasteiger partial charge on any atom is 0.237 e. The van der Waals surface area contributed by atoms with Crippen LogP contribution in [0.3, 0.4) is 0 Å². The highest BCUT2D eigenvalue weighted by Gasteiger charge is 2.27. The predicted molar refractivity (Wildman–Crippen MR) is 99.2 cm³/mol. The van der Waals surface area contributed by atoms with E-state index in [1.54, 1.807) is 0 Å². The lowest BCUT2D eigenvalue weighted by molar-refractivity contribution is -0.127. The van der Waals surface area contributed by atoms with Gasteiger partial charge in [0.25, 0.3) is 0 Å². The van der Waals surface area contributed by atoms with Gasteiger partial charge in [0.05, 0.1) is 12.6 Å². The van der Waals surface area contributed by atoms with Crippen LogP contribution in [0.15, 0.2) is 12.4 Å². The van der Waals surface area contributed by atoms with E-state index in [9.17, 15) is 4.79 Å². The van der Waals surface area contributed by atoms with E-state index in [-0.39, 0.29) is 11.9 Å². The largest absolute Gasteiger partial charge is 0.352 e. The molecular weight excluding hydrogens is 314 g/mol. The highest BCUT2D eigenvalue weighted by atomic mass is 16.2. The van der Waals surface area contributed by atoms with Crippen molar-refractivity contribution >= 4 is 5.91 Å². The summed E-state index contributed by atoms with van der Waals surface area (Å²) in [7, 11) is 0. The number of hydrogen-bond donors (Lipinski definition) is 1. The Hall–Kier alpha value is -1.40. The van der Waals surface area contributed by atoms with Crippen molar-refractivity contribution in [3.05, 3.63) is 18.2 Å². The molecule has 140 valence electrons. The number of aromatic nitrogens is 2. The topological polar surface area (TPSA) is 53.4 Å². The number of piperazine rings is 1. The van der Waals surface area contributed by atoms with Gasteiger partial charge >= 0.3 is 0 Å². The molecule has 1 atom stereocenters. The van der Waals surface area contributed by atoms with Gasteiger partial charge in [0.15, 0.2) is 0 Å². The van der Waals surface area contributed by atoms with Crippen LogP contribution >= 0.6 is 0 Å². The number of amides is 1. The Morgan fingerprint density at radius 2 is 1.96 bits per heavy atom. The maximum absolute atomic E-state index is 12.6. The summed E-state index contributed by atoms with van der Waals surface area (Å²) in [5.41, 5.74) is 0. The summed E-state index contributed by atoms with van der Waals surface area (Å²) >= 11 is 0. The summed E-state index contributed by atoms with van der Waals surface area (Å²) in [6.45, 7) is 9.96. The van der Waals surface area contributed by atoms with Gasteiger partial charge < -0.3 is 9.88 Å². The third kappa shape index (κ3) is 4.82. The van der Waals surface area contributed by atoms with Crippen LogP contribution in [0.1, 0.15) is 51.8 Å². The molecule has 0 bridgehead atoms. The van der Waals surface area contributed by atoms with E-state index < -0.39 is 0 Å². The van der Waals surface area contributed by atoms with Crippen molar-refractivity contribution in [3.63, 3.8) is 0 Å². The fourth-order valence-corrected chi connectivity index (χ4v) is 4.02. The Balaban J connectivity index is 1.44. The molecule has 1 saturated heterocycles.